The Morgan fingerprint density at radius 3 is 2.71 bits per heavy atom. The molecule has 5 heteroatoms. The first-order valence-electron chi connectivity index (χ1n) is 8.40. The van der Waals surface area contributed by atoms with Crippen LogP contribution in [0.1, 0.15) is 48.9 Å². The second-order valence-electron chi connectivity index (χ2n) is 6.35. The van der Waals surface area contributed by atoms with E-state index in [0.717, 1.165) is 19.3 Å². The molecule has 1 saturated carbocycles. The highest BCUT2D eigenvalue weighted by molar-refractivity contribution is 5.91. The lowest BCUT2D eigenvalue weighted by Gasteiger charge is -2.29. The summed E-state index contributed by atoms with van der Waals surface area (Å²) in [4.78, 5) is 12.3. The van der Waals surface area contributed by atoms with Crippen molar-refractivity contribution in [1.29, 1.82) is 0 Å². The topological polar surface area (TPSA) is 51.5 Å². The third-order valence-corrected chi connectivity index (χ3v) is 4.51. The van der Waals surface area contributed by atoms with E-state index in [9.17, 15) is 9.18 Å². The van der Waals surface area contributed by atoms with E-state index in [-0.39, 0.29) is 24.4 Å². The van der Waals surface area contributed by atoms with E-state index in [4.69, 9.17) is 9.15 Å². The molecule has 2 unspecified atom stereocenters. The lowest BCUT2D eigenvalue weighted by Crippen LogP contribution is -2.40. The van der Waals surface area contributed by atoms with Gasteiger partial charge in [-0.3, -0.25) is 4.79 Å². The average Bonchev–Trinajstić information content (AvgIpc) is 3.06. The molecular formula is C19H22FNO3. The number of hydrogen-bond donors (Lipinski definition) is 1. The summed E-state index contributed by atoms with van der Waals surface area (Å²) in [5.41, 5.74) is 0. The number of amides is 1. The van der Waals surface area contributed by atoms with E-state index in [0.29, 0.717) is 23.2 Å². The third-order valence-electron chi connectivity index (χ3n) is 4.51. The van der Waals surface area contributed by atoms with E-state index in [1.54, 1.807) is 24.3 Å². The zero-order valence-corrected chi connectivity index (χ0v) is 13.8. The minimum absolute atomic E-state index is 0.179. The van der Waals surface area contributed by atoms with Crippen molar-refractivity contribution < 1.29 is 18.3 Å². The molecule has 1 aromatic carbocycles. The molecule has 3 rings (SSSR count). The number of hydrogen-bond acceptors (Lipinski definition) is 3. The van der Waals surface area contributed by atoms with Gasteiger partial charge in [-0.1, -0.05) is 19.8 Å². The van der Waals surface area contributed by atoms with E-state index in [1.807, 2.05) is 0 Å². The molecular weight excluding hydrogens is 309 g/mol. The second-order valence-corrected chi connectivity index (χ2v) is 6.35. The molecule has 128 valence electrons. The van der Waals surface area contributed by atoms with E-state index in [2.05, 4.69) is 12.2 Å². The molecule has 2 aromatic rings. The van der Waals surface area contributed by atoms with Crippen LogP contribution in [0.4, 0.5) is 4.39 Å². The fraction of sp³-hybridized carbons (Fsp3) is 0.421. The normalized spacial score (nSPS) is 20.6. The second kappa shape index (κ2) is 7.51. The van der Waals surface area contributed by atoms with Crippen LogP contribution >= 0.6 is 0 Å². The summed E-state index contributed by atoms with van der Waals surface area (Å²) in [7, 11) is 0. The van der Waals surface area contributed by atoms with Crippen LogP contribution in [0.3, 0.4) is 0 Å². The van der Waals surface area contributed by atoms with Crippen LogP contribution < -0.4 is 10.1 Å². The number of nitrogens with one attached hydrogen (secondary N) is 1. The van der Waals surface area contributed by atoms with E-state index >= 15 is 0 Å². The van der Waals surface area contributed by atoms with Crippen molar-refractivity contribution in [3.63, 3.8) is 0 Å². The summed E-state index contributed by atoms with van der Waals surface area (Å²) in [5.74, 6) is 1.42. The summed E-state index contributed by atoms with van der Waals surface area (Å²) in [6.07, 6.45) is 4.57. The average molecular weight is 331 g/mol. The number of carbonyl (C=O) groups is 1. The van der Waals surface area contributed by atoms with Crippen molar-refractivity contribution in [2.45, 2.75) is 45.3 Å². The van der Waals surface area contributed by atoms with Crippen molar-refractivity contribution in [3.8, 4) is 5.75 Å². The van der Waals surface area contributed by atoms with Crippen LogP contribution in [0.25, 0.3) is 0 Å². The molecule has 0 aliphatic heterocycles. The molecule has 1 aliphatic carbocycles. The van der Waals surface area contributed by atoms with Gasteiger partial charge in [-0.15, -0.1) is 0 Å². The molecule has 1 fully saturated rings. The minimum Gasteiger partial charge on any atom is -0.486 e. The predicted molar refractivity (Wildman–Crippen MR) is 88.3 cm³/mol. The first-order valence-corrected chi connectivity index (χ1v) is 8.40. The Morgan fingerprint density at radius 1 is 1.21 bits per heavy atom. The zero-order chi connectivity index (χ0) is 16.9. The van der Waals surface area contributed by atoms with Crippen molar-refractivity contribution in [3.05, 3.63) is 53.7 Å². The van der Waals surface area contributed by atoms with Gasteiger partial charge in [-0.05, 0) is 55.2 Å². The lowest BCUT2D eigenvalue weighted by molar-refractivity contribution is 0.0878. The number of furan rings is 1. The third kappa shape index (κ3) is 4.16. The molecule has 1 N–H and O–H groups in total. The quantitative estimate of drug-likeness (QED) is 0.888. The van der Waals surface area contributed by atoms with Gasteiger partial charge in [0.1, 0.15) is 23.9 Å². The SMILES string of the molecule is CC1CCCCC1NC(=O)c1ccc(COc2ccc(F)cc2)o1. The van der Waals surface area contributed by atoms with Gasteiger partial charge in [0.15, 0.2) is 5.76 Å². The molecule has 1 aromatic heterocycles. The molecule has 2 atom stereocenters. The van der Waals surface area contributed by atoms with Gasteiger partial charge in [-0.2, -0.15) is 0 Å². The van der Waals surface area contributed by atoms with Crippen molar-refractivity contribution >= 4 is 5.91 Å². The fourth-order valence-electron chi connectivity index (χ4n) is 3.03. The summed E-state index contributed by atoms with van der Waals surface area (Å²) < 4.78 is 23.9. The number of rotatable bonds is 5. The maximum atomic E-state index is 12.8. The summed E-state index contributed by atoms with van der Waals surface area (Å²) >= 11 is 0. The summed E-state index contributed by atoms with van der Waals surface area (Å²) in [6, 6.07) is 9.38. The van der Waals surface area contributed by atoms with Crippen LogP contribution in [-0.2, 0) is 6.61 Å². The lowest BCUT2D eigenvalue weighted by atomic mass is 9.86. The molecule has 0 bridgehead atoms. The summed E-state index contributed by atoms with van der Waals surface area (Å²) in [6.45, 7) is 2.37. The van der Waals surface area contributed by atoms with Crippen LogP contribution in [0.2, 0.25) is 0 Å². The highest BCUT2D eigenvalue weighted by Crippen LogP contribution is 2.24. The molecule has 1 heterocycles. The maximum absolute atomic E-state index is 12.8. The first kappa shape index (κ1) is 16.6. The van der Waals surface area contributed by atoms with Gasteiger partial charge in [0.05, 0.1) is 0 Å². The monoisotopic (exact) mass is 331 g/mol. The van der Waals surface area contributed by atoms with Gasteiger partial charge < -0.3 is 14.5 Å². The van der Waals surface area contributed by atoms with E-state index < -0.39 is 0 Å². The first-order chi connectivity index (χ1) is 11.6. The Kier molecular flexibility index (Phi) is 5.18. The van der Waals surface area contributed by atoms with Gasteiger partial charge in [0.25, 0.3) is 5.91 Å². The van der Waals surface area contributed by atoms with Crippen molar-refractivity contribution in [1.82, 2.24) is 5.32 Å². The Bertz CT molecular complexity index is 680. The Morgan fingerprint density at radius 2 is 1.96 bits per heavy atom. The largest absolute Gasteiger partial charge is 0.486 e. The van der Waals surface area contributed by atoms with Gasteiger partial charge in [-0.25, -0.2) is 4.39 Å². The molecule has 0 radical (unpaired) electrons. The standard InChI is InChI=1S/C19H22FNO3/c1-13-4-2-3-5-17(13)21-19(22)18-11-10-16(24-18)12-23-15-8-6-14(20)7-9-15/h6-11,13,17H,2-5,12H2,1H3,(H,21,22). The molecule has 1 amide bonds. The fourth-order valence-corrected chi connectivity index (χ4v) is 3.03. The molecule has 4 nitrogen and oxygen atoms in total. The number of benzene rings is 1. The van der Waals surface area contributed by atoms with Crippen LogP contribution in [0.15, 0.2) is 40.8 Å². The molecule has 1 aliphatic rings. The molecule has 24 heavy (non-hydrogen) atoms. The number of halogens is 1. The Balaban J connectivity index is 1.54. The van der Waals surface area contributed by atoms with Crippen molar-refractivity contribution in [2.24, 2.45) is 5.92 Å². The molecule has 0 saturated heterocycles. The zero-order valence-electron chi connectivity index (χ0n) is 13.8. The smallest absolute Gasteiger partial charge is 0.287 e. The number of carbonyl (C=O) groups excluding carboxylic acids is 1. The van der Waals surface area contributed by atoms with Crippen LogP contribution in [-0.4, -0.2) is 11.9 Å². The Hall–Kier alpha value is -2.30. The summed E-state index contributed by atoms with van der Waals surface area (Å²) in [5, 5.41) is 3.06. The Labute approximate surface area is 141 Å². The highest BCUT2D eigenvalue weighted by Gasteiger charge is 2.24. The van der Waals surface area contributed by atoms with Gasteiger partial charge in [0.2, 0.25) is 0 Å². The van der Waals surface area contributed by atoms with Gasteiger partial charge >= 0.3 is 0 Å². The molecule has 0 spiro atoms. The maximum Gasteiger partial charge on any atom is 0.287 e. The predicted octanol–water partition coefficient (Wildman–Crippen LogP) is 4.31. The minimum atomic E-state index is -0.309. The van der Waals surface area contributed by atoms with Gasteiger partial charge in [0, 0.05) is 6.04 Å². The van der Waals surface area contributed by atoms with Crippen LogP contribution in [0, 0.1) is 11.7 Å². The number of ether oxygens (including phenoxy) is 1. The van der Waals surface area contributed by atoms with E-state index in [1.165, 1.54) is 18.6 Å². The van der Waals surface area contributed by atoms with Crippen LogP contribution in [0.5, 0.6) is 5.75 Å². The highest BCUT2D eigenvalue weighted by atomic mass is 19.1. The van der Waals surface area contributed by atoms with Crippen molar-refractivity contribution in [2.75, 3.05) is 0 Å².